The Labute approximate surface area is 157 Å². The van der Waals surface area contributed by atoms with Gasteiger partial charge in [-0.3, -0.25) is 0 Å². The molecule has 28 heavy (non-hydrogen) atoms. The fraction of sp³-hybridized carbons (Fsp3) is 0.235. The molecule has 0 radical (unpaired) electrons. The van der Waals surface area contributed by atoms with Crippen LogP contribution in [0.5, 0.6) is 0 Å². The molecule has 0 bridgehead atoms. The Bertz CT molecular complexity index is 1040. The third-order valence-corrected chi connectivity index (χ3v) is 5.04. The molecule has 0 spiro atoms. The number of hydrogen-bond acceptors (Lipinski definition) is 5. The van der Waals surface area contributed by atoms with Crippen molar-refractivity contribution >= 4 is 10.0 Å². The molecular weight excluding hydrogens is 404 g/mol. The van der Waals surface area contributed by atoms with Crippen molar-refractivity contribution in [3.63, 3.8) is 0 Å². The fourth-order valence-corrected chi connectivity index (χ4v) is 3.25. The first-order valence-electron chi connectivity index (χ1n) is 7.77. The first-order chi connectivity index (χ1) is 13.0. The minimum Gasteiger partial charge on any atom is -0.436 e. The molecule has 1 aliphatic rings. The average Bonchev–Trinajstić information content (AvgIpc) is 3.07. The second-order valence-corrected chi connectivity index (χ2v) is 7.48. The first kappa shape index (κ1) is 20.2. The predicted molar refractivity (Wildman–Crippen MR) is 90.2 cm³/mol. The van der Waals surface area contributed by atoms with Gasteiger partial charge in [0.15, 0.2) is 0 Å². The number of benzene rings is 1. The van der Waals surface area contributed by atoms with Crippen molar-refractivity contribution in [2.24, 2.45) is 5.14 Å². The van der Waals surface area contributed by atoms with Crippen LogP contribution < -0.4 is 5.14 Å². The van der Waals surface area contributed by atoms with Crippen LogP contribution in [0.3, 0.4) is 0 Å². The van der Waals surface area contributed by atoms with Crippen molar-refractivity contribution in [2.45, 2.75) is 22.8 Å². The predicted octanol–water partition coefficient (Wildman–Crippen LogP) is 3.53. The Morgan fingerprint density at radius 2 is 1.86 bits per heavy atom. The lowest BCUT2D eigenvalue weighted by Gasteiger charge is -2.28. The van der Waals surface area contributed by atoms with Crippen LogP contribution in [0.4, 0.5) is 17.6 Å². The highest BCUT2D eigenvalue weighted by molar-refractivity contribution is 7.89. The van der Waals surface area contributed by atoms with Gasteiger partial charge in [0.1, 0.15) is 17.4 Å². The molecule has 2 atom stereocenters. The highest BCUT2D eigenvalue weighted by Gasteiger charge is 2.45. The monoisotopic (exact) mass is 418 g/mol. The van der Waals surface area contributed by atoms with E-state index in [0.29, 0.717) is 0 Å². The van der Waals surface area contributed by atoms with E-state index in [-0.39, 0.29) is 16.2 Å². The summed E-state index contributed by atoms with van der Waals surface area (Å²) in [5.74, 6) is -5.78. The van der Waals surface area contributed by atoms with Gasteiger partial charge < -0.3 is 9.15 Å². The number of methoxy groups -OCH3 is 1. The maximum Gasteiger partial charge on any atom is 0.468 e. The SMILES string of the molecule is COC1(F)C=CC=CC1c1oc(C(F)(F)F)nc1-c1ccc(S(N)(=O)=O)cc1. The van der Waals surface area contributed by atoms with E-state index in [0.717, 1.165) is 25.3 Å². The van der Waals surface area contributed by atoms with Gasteiger partial charge in [-0.25, -0.2) is 22.9 Å². The molecule has 2 aromatic rings. The first-order valence-corrected chi connectivity index (χ1v) is 9.31. The number of hydrogen-bond donors (Lipinski definition) is 1. The lowest BCUT2D eigenvalue weighted by atomic mass is 9.90. The van der Waals surface area contributed by atoms with Crippen LogP contribution in [-0.4, -0.2) is 26.4 Å². The number of nitrogens with zero attached hydrogens (tertiary/aromatic N) is 1. The molecule has 1 aliphatic carbocycles. The summed E-state index contributed by atoms with van der Waals surface area (Å²) in [5, 5.41) is 5.01. The van der Waals surface area contributed by atoms with Gasteiger partial charge in [0, 0.05) is 12.7 Å². The topological polar surface area (TPSA) is 95.4 Å². The Kier molecular flexibility index (Phi) is 4.94. The molecule has 11 heteroatoms. The second kappa shape index (κ2) is 6.83. The Morgan fingerprint density at radius 1 is 1.21 bits per heavy atom. The normalized spacial score (nSPS) is 22.6. The largest absolute Gasteiger partial charge is 0.468 e. The van der Waals surface area contributed by atoms with E-state index < -0.39 is 39.6 Å². The molecule has 0 aliphatic heterocycles. The zero-order valence-corrected chi connectivity index (χ0v) is 15.1. The number of oxazole rings is 1. The molecule has 1 aromatic carbocycles. The van der Waals surface area contributed by atoms with Crippen molar-refractivity contribution < 1.29 is 35.1 Å². The van der Waals surface area contributed by atoms with E-state index in [1.807, 2.05) is 0 Å². The zero-order valence-electron chi connectivity index (χ0n) is 14.3. The van der Waals surface area contributed by atoms with Gasteiger partial charge in [0.2, 0.25) is 15.9 Å². The van der Waals surface area contributed by atoms with E-state index in [1.165, 1.54) is 30.4 Å². The minimum absolute atomic E-state index is 0.0862. The molecule has 0 amide bonds. The maximum absolute atomic E-state index is 15.0. The highest BCUT2D eigenvalue weighted by Crippen LogP contribution is 2.44. The van der Waals surface area contributed by atoms with Crippen LogP contribution in [0.15, 0.2) is 57.9 Å². The summed E-state index contributed by atoms with van der Waals surface area (Å²) in [6.45, 7) is 0. The lowest BCUT2D eigenvalue weighted by molar-refractivity contribution is -0.158. The number of sulfonamides is 1. The van der Waals surface area contributed by atoms with Gasteiger partial charge in [0.05, 0.1) is 4.90 Å². The summed E-state index contributed by atoms with van der Waals surface area (Å²) >= 11 is 0. The number of nitrogens with two attached hydrogens (primary N) is 1. The van der Waals surface area contributed by atoms with Gasteiger partial charge in [-0.05, 0) is 18.2 Å². The maximum atomic E-state index is 15.0. The second-order valence-electron chi connectivity index (χ2n) is 5.92. The Hall–Kier alpha value is -2.50. The smallest absolute Gasteiger partial charge is 0.436 e. The summed E-state index contributed by atoms with van der Waals surface area (Å²) in [6.07, 6.45) is 0.203. The number of alkyl halides is 4. The minimum atomic E-state index is -4.91. The standard InChI is InChI=1S/C17H14F4N2O4S/c1-26-16(18)9-3-2-4-12(16)14-13(23-15(27-14)17(19,20)21)10-5-7-11(8-6-10)28(22,24)25/h2-9,12H,1H3,(H2,22,24,25). The molecular formula is C17H14F4N2O4S. The van der Waals surface area contributed by atoms with E-state index in [9.17, 15) is 21.6 Å². The molecule has 6 nitrogen and oxygen atoms in total. The quantitative estimate of drug-likeness (QED) is 0.767. The summed E-state index contributed by atoms with van der Waals surface area (Å²) in [7, 11) is -2.93. The summed E-state index contributed by atoms with van der Waals surface area (Å²) < 4.78 is 86.9. The molecule has 0 saturated carbocycles. The zero-order chi connectivity index (χ0) is 20.7. The third kappa shape index (κ3) is 3.73. The van der Waals surface area contributed by atoms with E-state index in [2.05, 4.69) is 4.98 Å². The Balaban J connectivity index is 2.17. The van der Waals surface area contributed by atoms with Crippen LogP contribution in [0.1, 0.15) is 17.6 Å². The number of halogens is 4. The number of rotatable bonds is 4. The molecule has 2 N–H and O–H groups in total. The fourth-order valence-electron chi connectivity index (χ4n) is 2.73. The highest BCUT2D eigenvalue weighted by atomic mass is 32.2. The Morgan fingerprint density at radius 3 is 2.39 bits per heavy atom. The summed E-state index contributed by atoms with van der Waals surface area (Å²) in [4.78, 5) is 3.22. The van der Waals surface area contributed by atoms with Crippen molar-refractivity contribution in [1.82, 2.24) is 4.98 Å². The number of allylic oxidation sites excluding steroid dienone is 2. The molecule has 0 fully saturated rings. The van der Waals surface area contributed by atoms with Gasteiger partial charge in [-0.1, -0.05) is 30.4 Å². The van der Waals surface area contributed by atoms with Crippen molar-refractivity contribution in [2.75, 3.05) is 7.11 Å². The van der Waals surface area contributed by atoms with Crippen LogP contribution in [0.25, 0.3) is 11.3 Å². The van der Waals surface area contributed by atoms with Crippen molar-refractivity contribution in [3.8, 4) is 11.3 Å². The number of ether oxygens (including phenoxy) is 1. The summed E-state index contributed by atoms with van der Waals surface area (Å²) in [5.41, 5.74) is -0.208. The van der Waals surface area contributed by atoms with E-state index >= 15 is 4.39 Å². The molecule has 1 heterocycles. The number of primary sulfonamides is 1. The molecule has 2 unspecified atom stereocenters. The molecule has 1 aromatic heterocycles. The van der Waals surface area contributed by atoms with Crippen LogP contribution >= 0.6 is 0 Å². The third-order valence-electron chi connectivity index (χ3n) is 4.11. The number of aromatic nitrogens is 1. The van der Waals surface area contributed by atoms with Crippen molar-refractivity contribution in [1.29, 1.82) is 0 Å². The van der Waals surface area contributed by atoms with E-state index in [4.69, 9.17) is 14.3 Å². The van der Waals surface area contributed by atoms with Crippen LogP contribution in [0, 0.1) is 0 Å². The molecule has 0 saturated heterocycles. The van der Waals surface area contributed by atoms with Gasteiger partial charge in [0.25, 0.3) is 0 Å². The summed E-state index contributed by atoms with van der Waals surface area (Å²) in [6, 6.07) is 4.62. The van der Waals surface area contributed by atoms with Gasteiger partial charge >= 0.3 is 12.1 Å². The average molecular weight is 418 g/mol. The molecule has 150 valence electrons. The lowest BCUT2D eigenvalue weighted by Crippen LogP contribution is -2.31. The van der Waals surface area contributed by atoms with Gasteiger partial charge in [-0.2, -0.15) is 13.2 Å². The van der Waals surface area contributed by atoms with Crippen LogP contribution in [0.2, 0.25) is 0 Å². The van der Waals surface area contributed by atoms with E-state index in [1.54, 1.807) is 0 Å². The van der Waals surface area contributed by atoms with Crippen molar-refractivity contribution in [3.05, 3.63) is 60.2 Å². The molecule has 3 rings (SSSR count). The van der Waals surface area contributed by atoms with Crippen LogP contribution in [-0.2, 0) is 20.9 Å². The van der Waals surface area contributed by atoms with Gasteiger partial charge in [-0.15, -0.1) is 0 Å².